The second-order valence-corrected chi connectivity index (χ2v) is 6.94. The van der Waals surface area contributed by atoms with Crippen LogP contribution in [0.4, 0.5) is 0 Å². The van der Waals surface area contributed by atoms with Crippen molar-refractivity contribution in [3.8, 4) is 0 Å². The number of carbonyl (C=O) groups is 3. The molecule has 0 amide bonds. The molecule has 0 fully saturated rings. The third-order valence-corrected chi connectivity index (χ3v) is 4.22. The quantitative estimate of drug-likeness (QED) is 0.442. The topological polar surface area (TPSA) is 117 Å². The first-order valence-electron chi connectivity index (χ1n) is 8.14. The van der Waals surface area contributed by atoms with E-state index in [9.17, 15) is 28.8 Å². The Hall–Kier alpha value is -1.71. The number of hydrogen-bond donors (Lipinski definition) is 0. The molecule has 1 rings (SSSR count). The van der Waals surface area contributed by atoms with E-state index in [2.05, 4.69) is 0 Å². The summed E-state index contributed by atoms with van der Waals surface area (Å²) in [7, 11) is 0. The molecule has 1 heterocycles. The molecule has 0 aromatic carbocycles. The van der Waals surface area contributed by atoms with Crippen molar-refractivity contribution in [2.45, 2.75) is 58.2 Å². The fraction of sp³-hybridized carbons (Fsp3) is 0.600. The predicted molar refractivity (Wildman–Crippen MR) is 99.5 cm³/mol. The van der Waals surface area contributed by atoms with Crippen molar-refractivity contribution in [2.75, 3.05) is 0 Å². The second-order valence-electron chi connectivity index (χ2n) is 5.68. The summed E-state index contributed by atoms with van der Waals surface area (Å²) in [6.45, 7) is -0.335. The lowest BCUT2D eigenvalue weighted by Gasteiger charge is -2.13. The highest BCUT2D eigenvalue weighted by Crippen LogP contribution is 1.99. The normalized spacial score (nSPS) is 10.8. The highest BCUT2D eigenvalue weighted by molar-refractivity contribution is 6.64. The molecule has 0 aliphatic heterocycles. The van der Waals surface area contributed by atoms with Crippen LogP contribution in [0.15, 0.2) is 14.4 Å². The molecule has 0 bridgehead atoms. The van der Waals surface area contributed by atoms with E-state index in [1.165, 1.54) is 0 Å². The van der Waals surface area contributed by atoms with E-state index >= 15 is 0 Å². The molecule has 12 heteroatoms. The van der Waals surface area contributed by atoms with Gasteiger partial charge in [0.1, 0.15) is 0 Å². The molecular formula is C15H18Cl3N3O6. The molecule has 1 aromatic heterocycles. The third-order valence-electron chi connectivity index (χ3n) is 3.65. The van der Waals surface area contributed by atoms with Gasteiger partial charge in [-0.25, -0.2) is 28.1 Å². The Morgan fingerprint density at radius 1 is 0.556 bits per heavy atom. The van der Waals surface area contributed by atoms with Gasteiger partial charge in [-0.1, -0.05) is 0 Å². The molecule has 0 spiro atoms. The lowest BCUT2D eigenvalue weighted by molar-refractivity contribution is -0.112. The van der Waals surface area contributed by atoms with Crippen molar-refractivity contribution in [3.05, 3.63) is 31.5 Å². The summed E-state index contributed by atoms with van der Waals surface area (Å²) in [5.74, 6) is 0. The molecule has 0 aliphatic rings. The summed E-state index contributed by atoms with van der Waals surface area (Å²) in [5.41, 5.74) is -2.55. The Balaban J connectivity index is 3.25. The standard InChI is InChI=1S/C15H18Cl3N3O6/c16-10(22)4-1-7-19-13(25)20(8-2-5-11(17)23)15(27)21(14(19)26)9-3-6-12(18)24/h1-9H2. The Labute approximate surface area is 168 Å². The van der Waals surface area contributed by atoms with Crippen LogP contribution in [-0.2, 0) is 34.0 Å². The fourth-order valence-corrected chi connectivity index (χ4v) is 2.79. The van der Waals surface area contributed by atoms with Gasteiger partial charge >= 0.3 is 17.1 Å². The minimum Gasteiger partial charge on any atom is -0.281 e. The molecule has 150 valence electrons. The van der Waals surface area contributed by atoms with Gasteiger partial charge in [0.2, 0.25) is 15.7 Å². The van der Waals surface area contributed by atoms with Gasteiger partial charge in [-0.2, -0.15) is 0 Å². The summed E-state index contributed by atoms with van der Waals surface area (Å²) in [6, 6.07) is 0. The van der Waals surface area contributed by atoms with Crippen molar-refractivity contribution in [3.63, 3.8) is 0 Å². The summed E-state index contributed by atoms with van der Waals surface area (Å²) in [5, 5.41) is -1.84. The van der Waals surface area contributed by atoms with E-state index in [4.69, 9.17) is 34.8 Å². The van der Waals surface area contributed by atoms with E-state index in [-0.39, 0.29) is 58.2 Å². The summed E-state index contributed by atoms with van der Waals surface area (Å²) < 4.78 is 2.48. The van der Waals surface area contributed by atoms with Gasteiger partial charge < -0.3 is 0 Å². The van der Waals surface area contributed by atoms with Crippen molar-refractivity contribution < 1.29 is 14.4 Å². The first-order valence-corrected chi connectivity index (χ1v) is 9.28. The van der Waals surface area contributed by atoms with E-state index in [0.717, 1.165) is 13.7 Å². The highest BCUT2D eigenvalue weighted by atomic mass is 35.5. The molecule has 1 aromatic rings. The van der Waals surface area contributed by atoms with Crippen LogP contribution >= 0.6 is 34.8 Å². The largest absolute Gasteiger partial charge is 0.336 e. The molecule has 0 unspecified atom stereocenters. The van der Waals surface area contributed by atoms with Crippen molar-refractivity contribution in [2.24, 2.45) is 0 Å². The molecule has 0 saturated carbocycles. The Bertz CT molecular complexity index is 742. The summed E-state index contributed by atoms with van der Waals surface area (Å²) >= 11 is 15.8. The fourth-order valence-electron chi connectivity index (χ4n) is 2.38. The van der Waals surface area contributed by atoms with E-state index < -0.39 is 32.8 Å². The van der Waals surface area contributed by atoms with Gasteiger partial charge in [0, 0.05) is 38.9 Å². The van der Waals surface area contributed by atoms with Gasteiger partial charge in [0.25, 0.3) is 0 Å². The zero-order valence-corrected chi connectivity index (χ0v) is 16.6. The first-order chi connectivity index (χ1) is 12.6. The van der Waals surface area contributed by atoms with Crippen LogP contribution in [0.25, 0.3) is 0 Å². The van der Waals surface area contributed by atoms with Crippen molar-refractivity contribution in [1.29, 1.82) is 0 Å². The molecular weight excluding hydrogens is 425 g/mol. The molecule has 0 radical (unpaired) electrons. The van der Waals surface area contributed by atoms with E-state index in [1.807, 2.05) is 0 Å². The van der Waals surface area contributed by atoms with Crippen LogP contribution in [0.2, 0.25) is 0 Å². The van der Waals surface area contributed by atoms with Gasteiger partial charge in [-0.3, -0.25) is 14.4 Å². The lowest BCUT2D eigenvalue weighted by Crippen LogP contribution is -2.54. The number of carbonyl (C=O) groups excluding carboxylic acids is 3. The van der Waals surface area contributed by atoms with Gasteiger partial charge in [-0.05, 0) is 54.1 Å². The average molecular weight is 443 g/mol. The lowest BCUT2D eigenvalue weighted by atomic mass is 10.3. The smallest absolute Gasteiger partial charge is 0.281 e. The van der Waals surface area contributed by atoms with Crippen LogP contribution in [0.1, 0.15) is 38.5 Å². The summed E-state index contributed by atoms with van der Waals surface area (Å²) in [4.78, 5) is 70.1. The number of nitrogens with zero attached hydrogens (tertiary/aromatic N) is 3. The molecule has 9 nitrogen and oxygen atoms in total. The van der Waals surface area contributed by atoms with Crippen LogP contribution in [-0.4, -0.2) is 29.4 Å². The van der Waals surface area contributed by atoms with Crippen molar-refractivity contribution in [1.82, 2.24) is 13.7 Å². The number of hydrogen-bond acceptors (Lipinski definition) is 6. The Kier molecular flexibility index (Phi) is 9.68. The maximum Gasteiger partial charge on any atom is 0.336 e. The minimum atomic E-state index is -0.848. The van der Waals surface area contributed by atoms with Gasteiger partial charge in [-0.15, -0.1) is 0 Å². The summed E-state index contributed by atoms with van der Waals surface area (Å²) in [6.07, 6.45) is 0.262. The zero-order valence-electron chi connectivity index (χ0n) is 14.3. The molecule has 0 N–H and O–H groups in total. The molecule has 0 saturated heterocycles. The second kappa shape index (κ2) is 11.2. The average Bonchev–Trinajstić information content (AvgIpc) is 2.56. The maximum atomic E-state index is 12.5. The Morgan fingerprint density at radius 3 is 0.963 bits per heavy atom. The highest BCUT2D eigenvalue weighted by Gasteiger charge is 2.16. The van der Waals surface area contributed by atoms with Crippen LogP contribution in [0, 0.1) is 0 Å². The molecule has 0 atom stereocenters. The van der Waals surface area contributed by atoms with Gasteiger partial charge in [0.15, 0.2) is 0 Å². The first kappa shape index (κ1) is 23.3. The Morgan fingerprint density at radius 2 is 0.778 bits per heavy atom. The monoisotopic (exact) mass is 441 g/mol. The number of aromatic nitrogens is 3. The van der Waals surface area contributed by atoms with Crippen LogP contribution < -0.4 is 17.1 Å². The number of halogens is 3. The van der Waals surface area contributed by atoms with Gasteiger partial charge in [0.05, 0.1) is 0 Å². The SMILES string of the molecule is O=C(Cl)CCCn1c(=O)n(CCCC(=O)Cl)c(=O)n(CCCC(=O)Cl)c1=O. The van der Waals surface area contributed by atoms with E-state index in [0.29, 0.717) is 0 Å². The predicted octanol–water partition coefficient (Wildman–Crippen LogP) is 0.808. The van der Waals surface area contributed by atoms with Crippen LogP contribution in [0.5, 0.6) is 0 Å². The van der Waals surface area contributed by atoms with Crippen LogP contribution in [0.3, 0.4) is 0 Å². The molecule has 27 heavy (non-hydrogen) atoms. The maximum absolute atomic E-state index is 12.5. The van der Waals surface area contributed by atoms with Crippen molar-refractivity contribution >= 4 is 50.5 Å². The third kappa shape index (κ3) is 7.43. The number of rotatable bonds is 12. The zero-order chi connectivity index (χ0) is 20.6. The molecule has 0 aliphatic carbocycles. The minimum absolute atomic E-state index is 0.0476. The van der Waals surface area contributed by atoms with E-state index in [1.54, 1.807) is 0 Å².